The van der Waals surface area contributed by atoms with Crippen molar-refractivity contribution in [3.8, 4) is 6.07 Å². The number of amides is 1. The van der Waals surface area contributed by atoms with E-state index < -0.39 is 12.1 Å². The van der Waals surface area contributed by atoms with Gasteiger partial charge in [0.05, 0.1) is 43.8 Å². The fourth-order valence-electron chi connectivity index (χ4n) is 6.41. The summed E-state index contributed by atoms with van der Waals surface area (Å²) in [4.78, 5) is 16.2. The Morgan fingerprint density at radius 2 is 2.06 bits per heavy atom. The number of piperidine rings is 1. The number of carbonyl (C=O) groups excluding carboxylic acids is 1. The molecule has 3 aliphatic heterocycles. The third-order valence-electron chi connectivity index (χ3n) is 8.33. The van der Waals surface area contributed by atoms with Gasteiger partial charge in [-0.15, -0.1) is 0 Å². The first-order valence-electron chi connectivity index (χ1n) is 13.4. The lowest BCUT2D eigenvalue weighted by Gasteiger charge is -2.44. The SMILES string of the molecule is N#CCC1=CNC(C(C(=O)NC2CNCCC2N2CCOCC2)C(N)N)CC2(C=C1)CCCCC2. The van der Waals surface area contributed by atoms with Crippen LogP contribution in [0.4, 0.5) is 0 Å². The van der Waals surface area contributed by atoms with Gasteiger partial charge >= 0.3 is 0 Å². The Morgan fingerprint density at radius 1 is 1.29 bits per heavy atom. The molecule has 1 saturated carbocycles. The number of nitrogens with two attached hydrogens (primary N) is 2. The summed E-state index contributed by atoms with van der Waals surface area (Å²) in [6, 6.07) is 2.32. The van der Waals surface area contributed by atoms with E-state index in [1.54, 1.807) is 0 Å². The van der Waals surface area contributed by atoms with Crippen molar-refractivity contribution < 1.29 is 9.53 Å². The Hall–Kier alpha value is -1.96. The summed E-state index contributed by atoms with van der Waals surface area (Å²) in [5, 5.41) is 19.5. The van der Waals surface area contributed by atoms with Crippen LogP contribution in [0.1, 0.15) is 51.4 Å². The summed E-state index contributed by atoms with van der Waals surface area (Å²) >= 11 is 0. The number of nitrogens with zero attached hydrogens (tertiary/aromatic N) is 2. The van der Waals surface area contributed by atoms with E-state index in [2.05, 4.69) is 39.1 Å². The molecular formula is C26H43N7O2. The molecule has 35 heavy (non-hydrogen) atoms. The van der Waals surface area contributed by atoms with Crippen LogP contribution in [0.25, 0.3) is 0 Å². The molecule has 194 valence electrons. The van der Waals surface area contributed by atoms with Crippen molar-refractivity contribution in [2.24, 2.45) is 22.8 Å². The quantitative estimate of drug-likeness (QED) is 0.346. The van der Waals surface area contributed by atoms with E-state index in [0.29, 0.717) is 6.42 Å². The van der Waals surface area contributed by atoms with Crippen molar-refractivity contribution in [2.45, 2.75) is 75.7 Å². The van der Waals surface area contributed by atoms with Crippen LogP contribution < -0.4 is 27.4 Å². The van der Waals surface area contributed by atoms with Crippen LogP contribution in [0, 0.1) is 22.7 Å². The molecule has 4 aliphatic rings. The number of nitrogens with one attached hydrogen (secondary N) is 3. The highest BCUT2D eigenvalue weighted by Gasteiger charge is 2.41. The molecule has 1 aliphatic carbocycles. The third-order valence-corrected chi connectivity index (χ3v) is 8.33. The minimum Gasteiger partial charge on any atom is -0.387 e. The maximum atomic E-state index is 13.8. The van der Waals surface area contributed by atoms with Crippen molar-refractivity contribution in [3.05, 3.63) is 23.9 Å². The standard InChI is InChI=1S/C26H43N7O2/c27-10-5-19-4-9-26(7-2-1-3-8-26)16-20(31-17-19)23(24(28)29)25(34)32-21-18-30-11-6-22(21)33-12-14-35-15-13-33/h4,9,17,20-24,30-31H,1-3,5-8,11-16,18,28-29H2,(H,32,34). The lowest BCUT2D eigenvalue weighted by Crippen LogP contribution is -2.64. The normalized spacial score (nSPS) is 30.5. The van der Waals surface area contributed by atoms with Crippen LogP contribution in [0.2, 0.25) is 0 Å². The van der Waals surface area contributed by atoms with Crippen molar-refractivity contribution in [2.75, 3.05) is 39.4 Å². The first-order valence-corrected chi connectivity index (χ1v) is 13.4. The molecule has 1 amide bonds. The van der Waals surface area contributed by atoms with Crippen molar-refractivity contribution >= 4 is 5.91 Å². The fourth-order valence-corrected chi connectivity index (χ4v) is 6.41. The van der Waals surface area contributed by atoms with Gasteiger partial charge in [0.25, 0.3) is 0 Å². The van der Waals surface area contributed by atoms with Gasteiger partial charge < -0.3 is 32.2 Å². The van der Waals surface area contributed by atoms with E-state index in [4.69, 9.17) is 16.2 Å². The number of rotatable bonds is 6. The third kappa shape index (κ3) is 6.63. The lowest BCUT2D eigenvalue weighted by molar-refractivity contribution is -0.128. The first-order chi connectivity index (χ1) is 17.0. The molecule has 9 nitrogen and oxygen atoms in total. The van der Waals surface area contributed by atoms with Gasteiger partial charge in [-0.2, -0.15) is 5.26 Å². The molecule has 0 bridgehead atoms. The Kier molecular flexibility index (Phi) is 9.20. The number of allylic oxidation sites excluding steroid dienone is 3. The molecule has 7 N–H and O–H groups in total. The Balaban J connectivity index is 1.53. The van der Waals surface area contributed by atoms with Gasteiger partial charge in [0, 0.05) is 37.9 Å². The Labute approximate surface area is 209 Å². The van der Waals surface area contributed by atoms with E-state index in [1.165, 1.54) is 19.3 Å². The van der Waals surface area contributed by atoms with E-state index in [0.717, 1.165) is 70.6 Å². The molecule has 4 rings (SSSR count). The molecular weight excluding hydrogens is 442 g/mol. The topological polar surface area (TPSA) is 141 Å². The smallest absolute Gasteiger partial charge is 0.228 e. The second-order valence-electron chi connectivity index (χ2n) is 10.7. The predicted octanol–water partition coefficient (Wildman–Crippen LogP) is 0.691. The maximum absolute atomic E-state index is 13.8. The second-order valence-corrected chi connectivity index (χ2v) is 10.7. The van der Waals surface area contributed by atoms with Crippen molar-refractivity contribution in [3.63, 3.8) is 0 Å². The van der Waals surface area contributed by atoms with Crippen LogP contribution in [-0.2, 0) is 9.53 Å². The van der Waals surface area contributed by atoms with Crippen molar-refractivity contribution in [1.82, 2.24) is 20.9 Å². The van der Waals surface area contributed by atoms with E-state index >= 15 is 0 Å². The van der Waals surface area contributed by atoms with Crippen LogP contribution in [0.3, 0.4) is 0 Å². The number of ether oxygens (including phenoxy) is 1. The number of morpholine rings is 1. The van der Waals surface area contributed by atoms with E-state index in [9.17, 15) is 10.1 Å². The second kappa shape index (κ2) is 12.3. The fraction of sp³-hybridized carbons (Fsp3) is 0.769. The molecule has 0 aromatic rings. The summed E-state index contributed by atoms with van der Waals surface area (Å²) < 4.78 is 5.54. The summed E-state index contributed by atoms with van der Waals surface area (Å²) in [6.45, 7) is 4.93. The summed E-state index contributed by atoms with van der Waals surface area (Å²) in [5.41, 5.74) is 13.5. The van der Waals surface area contributed by atoms with Crippen LogP contribution in [-0.4, -0.2) is 74.5 Å². The summed E-state index contributed by atoms with van der Waals surface area (Å²) in [5.74, 6) is -0.664. The van der Waals surface area contributed by atoms with Crippen LogP contribution >= 0.6 is 0 Å². The number of hydrogen-bond acceptors (Lipinski definition) is 8. The van der Waals surface area contributed by atoms with Gasteiger partial charge in [-0.25, -0.2) is 0 Å². The maximum Gasteiger partial charge on any atom is 0.228 e. The van der Waals surface area contributed by atoms with Crippen LogP contribution in [0.15, 0.2) is 23.9 Å². The molecule has 4 atom stereocenters. The minimum absolute atomic E-state index is 0.00102. The molecule has 9 heteroatoms. The number of nitriles is 1. The first kappa shape index (κ1) is 26.1. The lowest BCUT2D eigenvalue weighted by atomic mass is 9.67. The van der Waals surface area contributed by atoms with Gasteiger partial charge in [0.15, 0.2) is 0 Å². The summed E-state index contributed by atoms with van der Waals surface area (Å²) in [6.07, 6.45) is 13.4. The average Bonchev–Trinajstić information content (AvgIpc) is 2.86. The van der Waals surface area contributed by atoms with Gasteiger partial charge in [-0.1, -0.05) is 31.4 Å². The Morgan fingerprint density at radius 3 is 2.77 bits per heavy atom. The van der Waals surface area contributed by atoms with Gasteiger partial charge in [0.1, 0.15) is 0 Å². The van der Waals surface area contributed by atoms with Gasteiger partial charge in [0.2, 0.25) is 5.91 Å². The zero-order valence-corrected chi connectivity index (χ0v) is 20.9. The number of hydrogen-bond donors (Lipinski definition) is 5. The zero-order valence-electron chi connectivity index (χ0n) is 20.9. The average molecular weight is 486 g/mol. The van der Waals surface area contributed by atoms with Crippen LogP contribution in [0.5, 0.6) is 0 Å². The van der Waals surface area contributed by atoms with Gasteiger partial charge in [-0.3, -0.25) is 9.69 Å². The zero-order chi connectivity index (χ0) is 24.7. The molecule has 4 unspecified atom stereocenters. The molecule has 0 aromatic carbocycles. The van der Waals surface area contributed by atoms with Crippen molar-refractivity contribution in [1.29, 1.82) is 5.26 Å². The molecule has 3 heterocycles. The van der Waals surface area contributed by atoms with Gasteiger partial charge in [-0.05, 0) is 43.2 Å². The summed E-state index contributed by atoms with van der Waals surface area (Å²) in [7, 11) is 0. The highest BCUT2D eigenvalue weighted by Crippen LogP contribution is 2.43. The molecule has 1 spiro atoms. The van der Waals surface area contributed by atoms with E-state index in [1.807, 2.05) is 6.20 Å². The minimum atomic E-state index is -0.789. The Bertz CT molecular complexity index is 809. The molecule has 3 fully saturated rings. The molecule has 2 saturated heterocycles. The predicted molar refractivity (Wildman–Crippen MR) is 136 cm³/mol. The highest BCUT2D eigenvalue weighted by atomic mass is 16.5. The molecule has 0 aromatic heterocycles. The monoisotopic (exact) mass is 485 g/mol. The largest absolute Gasteiger partial charge is 0.387 e. The molecule has 0 radical (unpaired) electrons. The van der Waals surface area contributed by atoms with E-state index in [-0.39, 0.29) is 29.4 Å². The number of carbonyl (C=O) groups is 1. The highest BCUT2D eigenvalue weighted by molar-refractivity contribution is 5.80.